The number of aromatic nitrogens is 3. The van der Waals surface area contributed by atoms with Gasteiger partial charge >= 0.3 is 0 Å². The molecule has 2 amide bonds. The van der Waals surface area contributed by atoms with Crippen LogP contribution in [0, 0.1) is 11.8 Å². The van der Waals surface area contributed by atoms with Crippen molar-refractivity contribution in [1.82, 2.24) is 25.2 Å². The number of nitrogens with one attached hydrogen (secondary N) is 2. The number of fused-ring (bicyclic) bond motifs is 1. The number of ether oxygens (including phenoxy) is 4. The van der Waals surface area contributed by atoms with Crippen LogP contribution in [0.15, 0.2) is 41.9 Å². The van der Waals surface area contributed by atoms with E-state index in [1.54, 1.807) is 29.0 Å². The number of carbonyl (C=O) groups is 2. The van der Waals surface area contributed by atoms with Crippen molar-refractivity contribution in [3.05, 3.63) is 58.4 Å². The average Bonchev–Trinajstić information content (AvgIpc) is 3.75. The van der Waals surface area contributed by atoms with Crippen LogP contribution in [0.1, 0.15) is 35.0 Å². The summed E-state index contributed by atoms with van der Waals surface area (Å²) >= 11 is 0. The Labute approximate surface area is 318 Å². The SMILES string of the molecule is CNC(=O)c1cccc(OCC(N=[N+]=[N-])OCCOCC(=O)NCC#Cc2cn([C@H]3CC[C@@H](COP(=O)([O-])OP(=O)([O-])OP(C)(=O)[O-])O3)c3ncnc(N)c23)c1. The van der Waals surface area contributed by atoms with Crippen molar-refractivity contribution >= 4 is 51.9 Å². The maximum atomic E-state index is 12.3. The summed E-state index contributed by atoms with van der Waals surface area (Å²) < 4.78 is 70.5. The number of nitrogen functional groups attached to an aromatic ring is 1. The summed E-state index contributed by atoms with van der Waals surface area (Å²) in [5.74, 6) is 5.37. The van der Waals surface area contributed by atoms with Gasteiger partial charge < -0.3 is 63.7 Å². The zero-order chi connectivity index (χ0) is 40.9. The lowest BCUT2D eigenvalue weighted by Crippen LogP contribution is -2.29. The van der Waals surface area contributed by atoms with Crippen LogP contribution in [-0.4, -0.2) is 92.0 Å². The van der Waals surface area contributed by atoms with E-state index in [2.05, 4.69) is 55.6 Å². The summed E-state index contributed by atoms with van der Waals surface area (Å²) in [5, 5.41) is 8.99. The van der Waals surface area contributed by atoms with E-state index in [0.29, 0.717) is 41.0 Å². The summed E-state index contributed by atoms with van der Waals surface area (Å²) in [6.07, 6.45) is 0.786. The Morgan fingerprint density at radius 3 is 2.70 bits per heavy atom. The van der Waals surface area contributed by atoms with E-state index >= 15 is 0 Å². The molecular weight excluding hydrogens is 807 g/mol. The lowest BCUT2D eigenvalue weighted by atomic mass is 10.2. The number of phosphoric acid groups is 2. The fraction of sp³-hybridized carbons (Fsp3) is 0.448. The largest absolute Gasteiger partial charge is 0.778 e. The molecule has 3 aromatic rings. The number of benzene rings is 1. The second-order valence-electron chi connectivity index (χ2n) is 11.4. The van der Waals surface area contributed by atoms with Crippen molar-refractivity contribution in [2.45, 2.75) is 31.4 Å². The number of phosphoric ester groups is 1. The molecule has 2 aromatic heterocycles. The molecule has 0 aliphatic carbocycles. The summed E-state index contributed by atoms with van der Waals surface area (Å²) in [6.45, 7) is -0.877. The number of rotatable bonds is 20. The second-order valence-corrected chi connectivity index (χ2v) is 16.3. The number of azide groups is 1. The molecule has 0 spiro atoms. The Hall–Kier alpha value is -4.42. The van der Waals surface area contributed by atoms with Crippen molar-refractivity contribution in [1.29, 1.82) is 0 Å². The number of hydrogen-bond donors (Lipinski definition) is 3. The third-order valence-electron chi connectivity index (χ3n) is 7.17. The van der Waals surface area contributed by atoms with Crippen molar-refractivity contribution in [3.8, 4) is 17.6 Å². The smallest absolute Gasteiger partial charge is 0.279 e. The van der Waals surface area contributed by atoms with Crippen LogP contribution in [-0.2, 0) is 45.8 Å². The highest BCUT2D eigenvalue weighted by molar-refractivity contribution is 7.66. The van der Waals surface area contributed by atoms with Crippen molar-refractivity contribution in [2.75, 3.05) is 59.0 Å². The second kappa shape index (κ2) is 20.1. The Bertz CT molecular complexity index is 2130. The summed E-state index contributed by atoms with van der Waals surface area (Å²) in [7, 11) is -14.7. The molecule has 27 heteroatoms. The van der Waals surface area contributed by atoms with Gasteiger partial charge in [0.2, 0.25) is 5.91 Å². The fourth-order valence-corrected chi connectivity index (χ4v) is 8.26. The van der Waals surface area contributed by atoms with E-state index in [0.717, 1.165) is 0 Å². The first-order chi connectivity index (χ1) is 26.5. The Balaban J connectivity index is 1.23. The summed E-state index contributed by atoms with van der Waals surface area (Å²) in [4.78, 5) is 69.8. The molecule has 4 rings (SSSR count). The minimum absolute atomic E-state index is 0.0233. The van der Waals surface area contributed by atoms with Crippen LogP contribution in [0.25, 0.3) is 21.5 Å². The number of amides is 2. The molecule has 4 N–H and O–H groups in total. The Kier molecular flexibility index (Phi) is 15.9. The number of carbonyl (C=O) groups excluding carboxylic acids is 2. The van der Waals surface area contributed by atoms with E-state index in [1.165, 1.54) is 19.4 Å². The van der Waals surface area contributed by atoms with E-state index < -0.39 is 54.3 Å². The first kappa shape index (κ1) is 44.3. The van der Waals surface area contributed by atoms with E-state index in [4.69, 9.17) is 30.2 Å². The Morgan fingerprint density at radius 1 is 1.18 bits per heavy atom. The van der Waals surface area contributed by atoms with Gasteiger partial charge in [0.05, 0.1) is 43.4 Å². The molecule has 304 valence electrons. The third kappa shape index (κ3) is 14.0. The zero-order valence-corrected chi connectivity index (χ0v) is 32.3. The zero-order valence-electron chi connectivity index (χ0n) is 29.6. The number of hydrogen-bond acceptors (Lipinski definition) is 19. The molecular formula is C29H35N9O15P3-3. The minimum atomic E-state index is -5.80. The highest BCUT2D eigenvalue weighted by Crippen LogP contribution is 2.61. The normalized spacial score (nSPS) is 18.9. The van der Waals surface area contributed by atoms with Crippen molar-refractivity contribution < 1.29 is 70.1 Å². The molecule has 0 radical (unpaired) electrons. The molecule has 1 aliphatic rings. The van der Waals surface area contributed by atoms with Crippen LogP contribution in [0.4, 0.5) is 5.82 Å². The van der Waals surface area contributed by atoms with E-state index in [-0.39, 0.29) is 51.1 Å². The molecule has 6 atom stereocenters. The monoisotopic (exact) mass is 842 g/mol. The molecule has 0 bridgehead atoms. The van der Waals surface area contributed by atoms with Crippen LogP contribution in [0.5, 0.6) is 5.75 Å². The van der Waals surface area contributed by atoms with Gasteiger partial charge in [-0.2, -0.15) is 0 Å². The van der Waals surface area contributed by atoms with Gasteiger partial charge in [0, 0.05) is 30.4 Å². The van der Waals surface area contributed by atoms with Gasteiger partial charge in [0.1, 0.15) is 50.6 Å². The molecule has 24 nitrogen and oxygen atoms in total. The molecule has 0 saturated carbocycles. The van der Waals surface area contributed by atoms with Gasteiger partial charge in [0.15, 0.2) is 6.23 Å². The van der Waals surface area contributed by atoms with E-state index in [9.17, 15) is 38.0 Å². The van der Waals surface area contributed by atoms with Crippen LogP contribution in [0.2, 0.25) is 0 Å². The van der Waals surface area contributed by atoms with Crippen molar-refractivity contribution in [3.63, 3.8) is 0 Å². The van der Waals surface area contributed by atoms with Gasteiger partial charge in [-0.3, -0.25) is 23.0 Å². The minimum Gasteiger partial charge on any atom is -0.778 e. The molecule has 56 heavy (non-hydrogen) atoms. The summed E-state index contributed by atoms with van der Waals surface area (Å²) in [6, 6.07) is 6.38. The molecule has 1 aliphatic heterocycles. The quantitative estimate of drug-likeness (QED) is 0.0347. The van der Waals surface area contributed by atoms with Gasteiger partial charge in [0.25, 0.3) is 21.6 Å². The average molecular weight is 843 g/mol. The van der Waals surface area contributed by atoms with Crippen molar-refractivity contribution in [2.24, 2.45) is 5.11 Å². The van der Waals surface area contributed by atoms with Gasteiger partial charge in [-0.25, -0.2) is 14.3 Å². The summed E-state index contributed by atoms with van der Waals surface area (Å²) in [5.41, 5.74) is 16.1. The maximum absolute atomic E-state index is 12.3. The highest BCUT2D eigenvalue weighted by atomic mass is 31.3. The van der Waals surface area contributed by atoms with Gasteiger partial charge in [-0.1, -0.05) is 23.0 Å². The van der Waals surface area contributed by atoms with E-state index in [1.807, 2.05) is 0 Å². The fourth-order valence-electron chi connectivity index (χ4n) is 4.91. The highest BCUT2D eigenvalue weighted by Gasteiger charge is 2.31. The predicted molar refractivity (Wildman–Crippen MR) is 187 cm³/mol. The van der Waals surface area contributed by atoms with Gasteiger partial charge in [-0.05, 0) is 36.6 Å². The van der Waals surface area contributed by atoms with Crippen LogP contribution in [0.3, 0.4) is 0 Å². The molecule has 3 heterocycles. The molecule has 1 saturated heterocycles. The first-order valence-corrected chi connectivity index (χ1v) is 21.1. The van der Waals surface area contributed by atoms with Crippen LogP contribution < -0.4 is 35.8 Å². The number of nitrogens with two attached hydrogens (primary N) is 1. The standard InChI is InChI=1S/C29H38N9O15P3/c1-32-29(40)19-5-3-7-21(13-19)49-17-24(36-37-31)48-12-11-47-16-23(39)33-10-4-6-20-14-38(28-26(20)27(30)34-18-35-28)25-9-8-22(51-25)15-50-55(43,44)53-56(45,46)52-54(2,41)42/h3,5,7,13-14,18,22,24-25H,8-12,15-17H2,1-2H3,(H,32,40)(H,33,39)(H,41,42)(H,43,44)(H,45,46)(H2,30,34,35)/p-3/t22-,24?,25+/m0/s1. The number of anilines is 1. The third-order valence-corrected chi connectivity index (χ3v) is 11.2. The number of nitrogens with zero attached hydrogens (tertiary/aromatic N) is 6. The van der Waals surface area contributed by atoms with Gasteiger partial charge in [-0.15, -0.1) is 0 Å². The lowest BCUT2D eigenvalue weighted by Gasteiger charge is -2.33. The molecule has 1 aromatic carbocycles. The maximum Gasteiger partial charge on any atom is 0.279 e. The lowest BCUT2D eigenvalue weighted by molar-refractivity contribution is -0.245. The van der Waals surface area contributed by atoms with Crippen LogP contribution >= 0.6 is 23.2 Å². The Morgan fingerprint density at radius 2 is 1.96 bits per heavy atom. The molecule has 4 unspecified atom stereocenters. The first-order valence-electron chi connectivity index (χ1n) is 16.2. The molecule has 1 fully saturated rings. The topological polar surface area (TPSA) is 349 Å². The predicted octanol–water partition coefficient (Wildman–Crippen LogP) is 0.437.